The highest BCUT2D eigenvalue weighted by molar-refractivity contribution is 7.07. The molecule has 5 nitrogen and oxygen atoms in total. The van der Waals surface area contributed by atoms with Crippen LogP contribution >= 0.6 is 11.3 Å². The lowest BCUT2D eigenvalue weighted by Crippen LogP contribution is -2.34. The predicted octanol–water partition coefficient (Wildman–Crippen LogP) is 3.21. The van der Waals surface area contributed by atoms with Crippen LogP contribution in [0, 0.1) is 0 Å². The van der Waals surface area contributed by atoms with Crippen LogP contribution < -0.4 is 5.32 Å². The van der Waals surface area contributed by atoms with Gasteiger partial charge in [0.25, 0.3) is 5.91 Å². The van der Waals surface area contributed by atoms with Gasteiger partial charge in [0.05, 0.1) is 12.2 Å². The first-order valence-electron chi connectivity index (χ1n) is 7.96. The summed E-state index contributed by atoms with van der Waals surface area (Å²) in [6, 6.07) is 2.58. The first kappa shape index (κ1) is 15.2. The van der Waals surface area contributed by atoms with Crippen LogP contribution in [0.5, 0.6) is 0 Å². The minimum atomic E-state index is -0.134. The highest BCUT2D eigenvalue weighted by Crippen LogP contribution is 2.27. The predicted molar refractivity (Wildman–Crippen MR) is 87.1 cm³/mol. The monoisotopic (exact) mass is 318 g/mol. The Balaban J connectivity index is 1.56. The molecule has 0 spiro atoms. The van der Waals surface area contributed by atoms with Gasteiger partial charge in [-0.15, -0.1) is 5.10 Å². The summed E-state index contributed by atoms with van der Waals surface area (Å²) in [5.74, 6) is -0.134. The van der Waals surface area contributed by atoms with Gasteiger partial charge in [0.2, 0.25) is 0 Å². The molecule has 2 aromatic heterocycles. The van der Waals surface area contributed by atoms with Crippen molar-refractivity contribution in [1.82, 2.24) is 20.3 Å². The average Bonchev–Trinajstić information content (AvgIpc) is 3.19. The van der Waals surface area contributed by atoms with E-state index in [1.165, 1.54) is 24.8 Å². The van der Waals surface area contributed by atoms with Gasteiger partial charge in [0.1, 0.15) is 0 Å². The molecule has 22 heavy (non-hydrogen) atoms. The topological polar surface area (TPSA) is 59.8 Å². The van der Waals surface area contributed by atoms with Gasteiger partial charge in [-0.25, -0.2) is 4.68 Å². The molecule has 1 atom stereocenters. The number of nitrogens with zero attached hydrogens (tertiary/aromatic N) is 3. The molecule has 0 aliphatic heterocycles. The maximum absolute atomic E-state index is 12.3. The largest absolute Gasteiger partial charge is 0.348 e. The number of carbonyl (C=O) groups excluding carboxylic acids is 1. The fourth-order valence-corrected chi connectivity index (χ4v) is 3.70. The Bertz CT molecular complexity index is 601. The molecule has 0 bridgehead atoms. The van der Waals surface area contributed by atoms with E-state index >= 15 is 0 Å². The van der Waals surface area contributed by atoms with Crippen molar-refractivity contribution in [3.63, 3.8) is 0 Å². The molecule has 0 unspecified atom stereocenters. The summed E-state index contributed by atoms with van der Waals surface area (Å²) in [5.41, 5.74) is 1.67. The van der Waals surface area contributed by atoms with Gasteiger partial charge in [0, 0.05) is 6.04 Å². The van der Waals surface area contributed by atoms with E-state index in [0.29, 0.717) is 11.7 Å². The third-order valence-corrected chi connectivity index (χ3v) is 4.92. The molecular formula is C16H22N4OS. The lowest BCUT2D eigenvalue weighted by atomic mass is 9.96. The smallest absolute Gasteiger partial charge is 0.273 e. The number of carbonyl (C=O) groups is 1. The molecule has 1 saturated carbocycles. The first-order chi connectivity index (χ1) is 10.7. The third-order valence-electron chi connectivity index (χ3n) is 4.19. The van der Waals surface area contributed by atoms with Crippen molar-refractivity contribution in [3.8, 4) is 0 Å². The lowest BCUT2D eigenvalue weighted by Gasteiger charge is -2.20. The van der Waals surface area contributed by atoms with Gasteiger partial charge in [-0.3, -0.25) is 4.79 Å². The molecule has 2 aromatic rings. The molecule has 0 aromatic carbocycles. The van der Waals surface area contributed by atoms with Crippen LogP contribution in [-0.4, -0.2) is 26.9 Å². The van der Waals surface area contributed by atoms with E-state index in [9.17, 15) is 4.79 Å². The standard InChI is InChI=1S/C16H22N4OS/c1-12(9-13-7-8-22-11-13)17-16(21)15-10-20(19-18-15)14-5-3-2-4-6-14/h7-8,10-12,14H,2-6,9H2,1H3,(H,17,21)/t12-/m0/s1. The molecule has 1 aliphatic rings. The van der Waals surface area contributed by atoms with Crippen LogP contribution in [-0.2, 0) is 6.42 Å². The fourth-order valence-electron chi connectivity index (χ4n) is 3.02. The zero-order valence-electron chi connectivity index (χ0n) is 12.9. The zero-order chi connectivity index (χ0) is 15.4. The van der Waals surface area contributed by atoms with Crippen LogP contribution in [0.3, 0.4) is 0 Å². The molecule has 1 aliphatic carbocycles. The number of hydrogen-bond donors (Lipinski definition) is 1. The first-order valence-corrected chi connectivity index (χ1v) is 8.90. The molecule has 0 saturated heterocycles. The van der Waals surface area contributed by atoms with E-state index < -0.39 is 0 Å². The molecule has 0 radical (unpaired) electrons. The average molecular weight is 318 g/mol. The van der Waals surface area contributed by atoms with Gasteiger partial charge in [0.15, 0.2) is 5.69 Å². The van der Waals surface area contributed by atoms with E-state index in [2.05, 4.69) is 32.5 Å². The summed E-state index contributed by atoms with van der Waals surface area (Å²) in [4.78, 5) is 12.3. The minimum absolute atomic E-state index is 0.0851. The van der Waals surface area contributed by atoms with Gasteiger partial charge < -0.3 is 5.32 Å². The molecular weight excluding hydrogens is 296 g/mol. The Morgan fingerprint density at radius 1 is 1.45 bits per heavy atom. The normalized spacial score (nSPS) is 17.3. The number of rotatable bonds is 5. The summed E-state index contributed by atoms with van der Waals surface area (Å²) in [6.07, 6.45) is 8.69. The Morgan fingerprint density at radius 2 is 2.27 bits per heavy atom. The van der Waals surface area contributed by atoms with Crippen molar-refractivity contribution in [2.24, 2.45) is 0 Å². The van der Waals surface area contributed by atoms with Crippen LogP contribution in [0.1, 0.15) is 61.1 Å². The summed E-state index contributed by atoms with van der Waals surface area (Å²) < 4.78 is 1.87. The van der Waals surface area contributed by atoms with Crippen LogP contribution in [0.4, 0.5) is 0 Å². The van der Waals surface area contributed by atoms with E-state index in [1.807, 2.05) is 11.6 Å². The van der Waals surface area contributed by atoms with Gasteiger partial charge in [-0.1, -0.05) is 24.5 Å². The van der Waals surface area contributed by atoms with Crippen LogP contribution in [0.2, 0.25) is 0 Å². The van der Waals surface area contributed by atoms with E-state index in [1.54, 1.807) is 17.5 Å². The Morgan fingerprint density at radius 3 is 3.00 bits per heavy atom. The fraction of sp³-hybridized carbons (Fsp3) is 0.562. The number of hydrogen-bond acceptors (Lipinski definition) is 4. The lowest BCUT2D eigenvalue weighted by molar-refractivity contribution is 0.0935. The van der Waals surface area contributed by atoms with Crippen molar-refractivity contribution < 1.29 is 4.79 Å². The second-order valence-corrected chi connectivity index (χ2v) is 6.87. The number of amides is 1. The minimum Gasteiger partial charge on any atom is -0.348 e. The summed E-state index contributed by atoms with van der Waals surface area (Å²) in [7, 11) is 0. The van der Waals surface area contributed by atoms with Crippen molar-refractivity contribution in [2.45, 2.75) is 57.5 Å². The van der Waals surface area contributed by atoms with E-state index in [4.69, 9.17) is 0 Å². The molecule has 1 fully saturated rings. The molecule has 1 amide bonds. The van der Waals surface area contributed by atoms with Gasteiger partial charge in [-0.2, -0.15) is 11.3 Å². The quantitative estimate of drug-likeness (QED) is 0.921. The maximum atomic E-state index is 12.3. The SMILES string of the molecule is C[C@@H](Cc1ccsc1)NC(=O)c1cn(C2CCCCC2)nn1. The third kappa shape index (κ3) is 3.74. The van der Waals surface area contributed by atoms with Crippen molar-refractivity contribution in [3.05, 3.63) is 34.3 Å². The molecule has 118 valence electrons. The second-order valence-electron chi connectivity index (χ2n) is 6.09. The van der Waals surface area contributed by atoms with E-state index in [0.717, 1.165) is 19.3 Å². The summed E-state index contributed by atoms with van der Waals surface area (Å²) >= 11 is 1.68. The zero-order valence-corrected chi connectivity index (χ0v) is 13.7. The van der Waals surface area contributed by atoms with Gasteiger partial charge >= 0.3 is 0 Å². The second kappa shape index (κ2) is 7.05. The summed E-state index contributed by atoms with van der Waals surface area (Å²) in [5, 5.41) is 15.4. The van der Waals surface area contributed by atoms with Crippen molar-refractivity contribution >= 4 is 17.2 Å². The number of nitrogens with one attached hydrogen (secondary N) is 1. The molecule has 1 N–H and O–H groups in total. The molecule has 2 heterocycles. The van der Waals surface area contributed by atoms with Crippen LogP contribution in [0.25, 0.3) is 0 Å². The van der Waals surface area contributed by atoms with Crippen molar-refractivity contribution in [1.29, 1.82) is 0 Å². The van der Waals surface area contributed by atoms with E-state index in [-0.39, 0.29) is 11.9 Å². The van der Waals surface area contributed by atoms with Crippen LogP contribution in [0.15, 0.2) is 23.0 Å². The number of thiophene rings is 1. The molecule has 3 rings (SSSR count). The Labute approximate surface area is 134 Å². The highest BCUT2D eigenvalue weighted by atomic mass is 32.1. The van der Waals surface area contributed by atoms with Crippen molar-refractivity contribution in [2.75, 3.05) is 0 Å². The molecule has 6 heteroatoms. The Hall–Kier alpha value is -1.69. The Kier molecular flexibility index (Phi) is 4.87. The summed E-state index contributed by atoms with van der Waals surface area (Å²) in [6.45, 7) is 2.02. The number of aromatic nitrogens is 3. The maximum Gasteiger partial charge on any atom is 0.273 e. The van der Waals surface area contributed by atoms with Gasteiger partial charge in [-0.05, 0) is 48.6 Å². The highest BCUT2D eigenvalue weighted by Gasteiger charge is 2.19.